The Bertz CT molecular complexity index is 2420. The average molecular weight is 820 g/mol. The van der Waals surface area contributed by atoms with Crippen LogP contribution in [0.15, 0.2) is 90.6 Å². The van der Waals surface area contributed by atoms with Crippen molar-refractivity contribution in [3.63, 3.8) is 0 Å². The van der Waals surface area contributed by atoms with E-state index in [9.17, 15) is 37.5 Å². The van der Waals surface area contributed by atoms with Crippen LogP contribution in [0.4, 0.5) is 24.7 Å². The third kappa shape index (κ3) is 5.79. The smallest absolute Gasteiger partial charge is 0.417 e. The fourth-order valence-corrected chi connectivity index (χ4v) is 9.50. The van der Waals surface area contributed by atoms with Gasteiger partial charge in [-0.15, -0.1) is 0 Å². The molecule has 11 nitrogen and oxygen atoms in total. The van der Waals surface area contributed by atoms with Crippen molar-refractivity contribution in [3.05, 3.63) is 123 Å². The molecule has 0 radical (unpaired) electrons. The quantitative estimate of drug-likeness (QED) is 0.110. The van der Waals surface area contributed by atoms with Crippen molar-refractivity contribution in [2.24, 2.45) is 23.7 Å². The van der Waals surface area contributed by atoms with E-state index in [2.05, 4.69) is 10.4 Å². The van der Waals surface area contributed by atoms with E-state index in [1.165, 1.54) is 44.4 Å². The van der Waals surface area contributed by atoms with E-state index in [0.29, 0.717) is 39.0 Å². The lowest BCUT2D eigenvalue weighted by atomic mass is 9.49. The van der Waals surface area contributed by atoms with Crippen molar-refractivity contribution >= 4 is 64.1 Å². The number of ketones is 1. The number of alkyl halides is 3. The first-order chi connectivity index (χ1) is 27.1. The maximum absolute atomic E-state index is 15.3. The summed E-state index contributed by atoms with van der Waals surface area (Å²) in [6.07, 6.45) is -2.51. The summed E-state index contributed by atoms with van der Waals surface area (Å²) in [5.41, 5.74) is 1.25. The largest absolute Gasteiger partial charge is 0.504 e. The SMILES string of the molecule is COc1cccc(C2C3=CCC4C(=O)N(c5ccc(C(C)=O)cc5)C(=O)C4C3CC3C(=O)N(Nc4ncc(C(F)(F)F)cc4Cl)C(=O)C32c2ccc(Cl)cc2)c1O. The highest BCUT2D eigenvalue weighted by Gasteiger charge is 2.71. The van der Waals surface area contributed by atoms with Gasteiger partial charge in [0.2, 0.25) is 11.8 Å². The van der Waals surface area contributed by atoms with Crippen LogP contribution in [0, 0.1) is 23.7 Å². The molecule has 2 saturated heterocycles. The first-order valence-corrected chi connectivity index (χ1v) is 18.5. The van der Waals surface area contributed by atoms with Crippen LogP contribution in [0.3, 0.4) is 0 Å². The molecule has 4 aromatic rings. The number of allylic oxidation sites excluding steroid dienone is 2. The van der Waals surface area contributed by atoms with Crippen LogP contribution in [0.5, 0.6) is 11.5 Å². The molecule has 6 atom stereocenters. The Morgan fingerprint density at radius 1 is 0.965 bits per heavy atom. The maximum atomic E-state index is 15.3. The van der Waals surface area contributed by atoms with Crippen LogP contribution >= 0.6 is 23.2 Å². The van der Waals surface area contributed by atoms with Gasteiger partial charge in [-0.3, -0.25) is 34.3 Å². The Morgan fingerprint density at radius 2 is 1.67 bits per heavy atom. The number of pyridine rings is 1. The topological polar surface area (TPSA) is 146 Å². The summed E-state index contributed by atoms with van der Waals surface area (Å²) in [5, 5.41) is 12.3. The third-order valence-corrected chi connectivity index (χ3v) is 12.2. The number of anilines is 2. The lowest BCUT2D eigenvalue weighted by molar-refractivity contribution is -0.139. The van der Waals surface area contributed by atoms with Gasteiger partial charge in [-0.2, -0.15) is 18.2 Å². The van der Waals surface area contributed by atoms with Gasteiger partial charge in [0, 0.05) is 28.3 Å². The molecule has 292 valence electrons. The highest BCUT2D eigenvalue weighted by atomic mass is 35.5. The summed E-state index contributed by atoms with van der Waals surface area (Å²) < 4.78 is 46.0. The molecule has 0 spiro atoms. The zero-order chi connectivity index (χ0) is 40.7. The number of ether oxygens (including phenoxy) is 1. The number of carbonyl (C=O) groups is 5. The molecular formula is C41H31Cl2F3N4O7. The molecule has 1 saturated carbocycles. The van der Waals surface area contributed by atoms with E-state index in [-0.39, 0.29) is 41.4 Å². The number of carbonyl (C=O) groups excluding carboxylic acids is 5. The number of benzene rings is 3. The lowest BCUT2D eigenvalue weighted by Gasteiger charge is -2.50. The molecule has 2 N–H and O–H groups in total. The molecular weight excluding hydrogens is 788 g/mol. The number of amides is 4. The van der Waals surface area contributed by atoms with Crippen molar-refractivity contribution in [1.29, 1.82) is 0 Å². The molecule has 57 heavy (non-hydrogen) atoms. The molecule has 1 aromatic heterocycles. The number of halogens is 5. The molecule has 4 aliphatic rings. The normalized spacial score (nSPS) is 25.5. The van der Waals surface area contributed by atoms with Crippen LogP contribution in [-0.4, -0.2) is 51.6 Å². The van der Waals surface area contributed by atoms with Gasteiger partial charge in [0.05, 0.1) is 46.6 Å². The second kappa shape index (κ2) is 13.7. The molecule has 16 heteroatoms. The summed E-state index contributed by atoms with van der Waals surface area (Å²) in [6.45, 7) is 1.40. The first kappa shape index (κ1) is 38.2. The zero-order valence-electron chi connectivity index (χ0n) is 30.0. The van der Waals surface area contributed by atoms with Crippen molar-refractivity contribution in [3.8, 4) is 11.5 Å². The predicted molar refractivity (Wildman–Crippen MR) is 200 cm³/mol. The minimum Gasteiger partial charge on any atom is -0.504 e. The summed E-state index contributed by atoms with van der Waals surface area (Å²) in [6, 6.07) is 17.6. The lowest BCUT2D eigenvalue weighted by Crippen LogP contribution is -2.53. The number of phenolic OH excluding ortho intramolecular Hbond substituents is 1. The third-order valence-electron chi connectivity index (χ3n) is 11.7. The van der Waals surface area contributed by atoms with Gasteiger partial charge in [-0.1, -0.05) is 59.1 Å². The number of nitrogens with one attached hydrogen (secondary N) is 1. The number of rotatable bonds is 7. The molecule has 0 bridgehead atoms. The second-order valence-corrected chi connectivity index (χ2v) is 15.3. The summed E-state index contributed by atoms with van der Waals surface area (Å²) in [7, 11) is 1.35. The number of nitrogens with zero attached hydrogens (tertiary/aromatic N) is 3. The molecule has 8 rings (SSSR count). The minimum atomic E-state index is -4.78. The van der Waals surface area contributed by atoms with Gasteiger partial charge in [0.25, 0.3) is 11.8 Å². The molecule has 3 heterocycles. The van der Waals surface area contributed by atoms with Crippen molar-refractivity contribution in [2.75, 3.05) is 17.4 Å². The molecule has 3 aromatic carbocycles. The summed E-state index contributed by atoms with van der Waals surface area (Å²) >= 11 is 12.6. The van der Waals surface area contributed by atoms with E-state index in [0.717, 1.165) is 4.90 Å². The minimum absolute atomic E-state index is 0.0616. The Morgan fingerprint density at radius 3 is 2.30 bits per heavy atom. The Hall–Kier alpha value is -5.73. The van der Waals surface area contributed by atoms with Gasteiger partial charge in [0.15, 0.2) is 23.1 Å². The number of hydrogen-bond acceptors (Lipinski definition) is 9. The van der Waals surface area contributed by atoms with Crippen LogP contribution in [0.25, 0.3) is 0 Å². The number of aromatic nitrogens is 1. The number of fused-ring (bicyclic) bond motifs is 4. The number of para-hydroxylation sites is 1. The zero-order valence-corrected chi connectivity index (χ0v) is 31.5. The predicted octanol–water partition coefficient (Wildman–Crippen LogP) is 7.51. The van der Waals surface area contributed by atoms with Gasteiger partial charge in [0.1, 0.15) is 0 Å². The number of methoxy groups -OCH3 is 1. The molecule has 4 amide bonds. The number of imide groups is 2. The van der Waals surface area contributed by atoms with Gasteiger partial charge < -0.3 is 9.84 Å². The van der Waals surface area contributed by atoms with Crippen molar-refractivity contribution < 1.29 is 47.0 Å². The van der Waals surface area contributed by atoms with Crippen molar-refractivity contribution in [1.82, 2.24) is 9.99 Å². The van der Waals surface area contributed by atoms with E-state index < -0.39 is 81.2 Å². The van der Waals surface area contributed by atoms with Crippen molar-refractivity contribution in [2.45, 2.75) is 37.3 Å². The molecule has 6 unspecified atom stereocenters. The van der Waals surface area contributed by atoms with Crippen LogP contribution < -0.4 is 15.1 Å². The number of hydrogen-bond donors (Lipinski definition) is 2. The maximum Gasteiger partial charge on any atom is 0.417 e. The van der Waals surface area contributed by atoms with Gasteiger partial charge in [-0.05, 0) is 79.8 Å². The average Bonchev–Trinajstić information content (AvgIpc) is 3.56. The monoisotopic (exact) mass is 818 g/mol. The Kier molecular flexibility index (Phi) is 9.19. The molecule has 3 fully saturated rings. The molecule has 2 aliphatic carbocycles. The number of phenols is 1. The van der Waals surface area contributed by atoms with E-state index >= 15 is 4.79 Å². The molecule has 2 aliphatic heterocycles. The van der Waals surface area contributed by atoms with Crippen LogP contribution in [0.2, 0.25) is 10.0 Å². The van der Waals surface area contributed by atoms with Gasteiger partial charge >= 0.3 is 6.18 Å². The standard InChI is InChI=1S/C41H31Cl2F3N4O7/c1-19(51)20-6-12-24(13-7-20)49-36(53)26-15-14-25-28(32(26)38(49)55)17-29-37(54)50(48-35-30(43)16-22(18-47-35)41(44,45)46)39(56)40(29,21-8-10-23(42)11-9-21)33(25)27-4-3-5-31(57-2)34(27)52/h3-14,16,18,26,28-29,32-33,52H,15,17H2,1-2H3,(H,47,48). The fourth-order valence-electron chi connectivity index (χ4n) is 9.16. The van der Waals surface area contributed by atoms with E-state index in [4.69, 9.17) is 27.9 Å². The summed E-state index contributed by atoms with van der Waals surface area (Å²) in [5.74, 6) is -8.60. The van der Waals surface area contributed by atoms with Crippen LogP contribution in [-0.2, 0) is 30.8 Å². The number of hydrazine groups is 1. The number of Topliss-reactive ketones (excluding diaryl/α,β-unsaturated/α-hetero) is 1. The van der Waals surface area contributed by atoms with E-state index in [1.54, 1.807) is 42.5 Å². The highest BCUT2D eigenvalue weighted by molar-refractivity contribution is 6.33. The van der Waals surface area contributed by atoms with Crippen LogP contribution in [0.1, 0.15) is 52.7 Å². The van der Waals surface area contributed by atoms with E-state index in [1.807, 2.05) is 0 Å². The Labute approximate surface area is 333 Å². The summed E-state index contributed by atoms with van der Waals surface area (Å²) in [4.78, 5) is 75.7. The second-order valence-electron chi connectivity index (χ2n) is 14.4. The number of aromatic hydroxyl groups is 1. The Balaban J connectivity index is 1.31. The fraction of sp³-hybridized carbons (Fsp3) is 0.268. The van der Waals surface area contributed by atoms with Gasteiger partial charge in [-0.25, -0.2) is 4.98 Å². The first-order valence-electron chi connectivity index (χ1n) is 17.8. The highest BCUT2D eigenvalue weighted by Crippen LogP contribution is 2.65.